The molecule has 3 heterocycles. The molecule has 0 saturated heterocycles. The zero-order chi connectivity index (χ0) is 13.2. The lowest BCUT2D eigenvalue weighted by molar-refractivity contribution is 0.847. The largest absolute Gasteiger partial charge is 0.354 e. The molecule has 0 aliphatic rings. The molecule has 0 fully saturated rings. The maximum Gasteiger partial charge on any atom is 0.226 e. The van der Waals surface area contributed by atoms with Crippen LogP contribution in [0.4, 0.5) is 5.95 Å². The highest BCUT2D eigenvalue weighted by Crippen LogP contribution is 2.28. The zero-order valence-electron chi connectivity index (χ0n) is 10.8. The number of rotatable bonds is 4. The van der Waals surface area contributed by atoms with Crippen molar-refractivity contribution >= 4 is 27.5 Å². The maximum atomic E-state index is 4.54. The van der Waals surface area contributed by atoms with Crippen molar-refractivity contribution in [3.05, 3.63) is 23.6 Å². The first-order valence-corrected chi connectivity index (χ1v) is 6.96. The molecule has 3 rings (SSSR count). The number of nitrogens with one attached hydrogen (secondary N) is 1. The predicted molar refractivity (Wildman–Crippen MR) is 75.8 cm³/mol. The van der Waals surface area contributed by atoms with Crippen LogP contribution in [-0.4, -0.2) is 31.3 Å². The second-order valence-corrected chi connectivity index (χ2v) is 5.45. The molecule has 0 aliphatic heterocycles. The van der Waals surface area contributed by atoms with Gasteiger partial charge < -0.3 is 5.32 Å². The monoisotopic (exact) mass is 274 g/mol. The van der Waals surface area contributed by atoms with Gasteiger partial charge in [0.05, 0.1) is 5.39 Å². The van der Waals surface area contributed by atoms with Gasteiger partial charge in [0.25, 0.3) is 0 Å². The molecular formula is C12H14N6S. The standard InChI is InChI=1S/C12H14N6S/c1-3-4-14-12-16-10(18-7-13-6-15-18)9-5-8(2)19-11(9)17-12/h5-7H,3-4H2,1-2H3,(H,14,16,17). The molecule has 0 radical (unpaired) electrons. The molecule has 7 heteroatoms. The van der Waals surface area contributed by atoms with E-state index in [1.807, 2.05) is 0 Å². The van der Waals surface area contributed by atoms with E-state index in [4.69, 9.17) is 0 Å². The van der Waals surface area contributed by atoms with Gasteiger partial charge in [-0.25, -0.2) is 14.6 Å². The first-order valence-electron chi connectivity index (χ1n) is 6.15. The van der Waals surface area contributed by atoms with Crippen LogP contribution >= 0.6 is 11.3 Å². The summed E-state index contributed by atoms with van der Waals surface area (Å²) in [6, 6.07) is 2.08. The maximum absolute atomic E-state index is 4.54. The zero-order valence-corrected chi connectivity index (χ0v) is 11.6. The van der Waals surface area contributed by atoms with Gasteiger partial charge in [-0.3, -0.25) is 0 Å². The van der Waals surface area contributed by atoms with Crippen molar-refractivity contribution in [3.8, 4) is 5.82 Å². The molecule has 0 saturated carbocycles. The molecule has 6 nitrogen and oxygen atoms in total. The van der Waals surface area contributed by atoms with E-state index in [0.717, 1.165) is 29.0 Å². The molecule has 0 atom stereocenters. The fraction of sp³-hybridized carbons (Fsp3) is 0.333. The minimum absolute atomic E-state index is 0.640. The Balaban J connectivity index is 2.16. The van der Waals surface area contributed by atoms with E-state index in [9.17, 15) is 0 Å². The van der Waals surface area contributed by atoms with Crippen LogP contribution in [-0.2, 0) is 0 Å². The smallest absolute Gasteiger partial charge is 0.226 e. The second-order valence-electron chi connectivity index (χ2n) is 4.21. The first-order chi connectivity index (χ1) is 9.28. The molecule has 98 valence electrons. The third kappa shape index (κ3) is 2.28. The summed E-state index contributed by atoms with van der Waals surface area (Å²) in [4.78, 5) is 15.2. The normalized spacial score (nSPS) is 11.1. The van der Waals surface area contributed by atoms with Gasteiger partial charge in [0, 0.05) is 11.4 Å². The summed E-state index contributed by atoms with van der Waals surface area (Å²) in [5, 5.41) is 8.39. The van der Waals surface area contributed by atoms with Gasteiger partial charge in [0.1, 0.15) is 17.5 Å². The lowest BCUT2D eigenvalue weighted by atomic mass is 10.3. The number of hydrogen-bond donors (Lipinski definition) is 1. The average Bonchev–Trinajstić information content (AvgIpc) is 3.03. The van der Waals surface area contributed by atoms with Crippen LogP contribution in [0, 0.1) is 6.92 Å². The van der Waals surface area contributed by atoms with E-state index in [2.05, 4.69) is 45.3 Å². The molecule has 3 aromatic heterocycles. The molecular weight excluding hydrogens is 260 g/mol. The Kier molecular flexibility index (Phi) is 3.12. The van der Waals surface area contributed by atoms with Crippen LogP contribution in [0.2, 0.25) is 0 Å². The van der Waals surface area contributed by atoms with Crippen molar-refractivity contribution in [2.75, 3.05) is 11.9 Å². The van der Waals surface area contributed by atoms with Crippen LogP contribution in [0.25, 0.3) is 16.0 Å². The van der Waals surface area contributed by atoms with Crippen LogP contribution in [0.1, 0.15) is 18.2 Å². The highest BCUT2D eigenvalue weighted by molar-refractivity contribution is 7.18. The Hall–Kier alpha value is -2.02. The van der Waals surface area contributed by atoms with Gasteiger partial charge in [-0.2, -0.15) is 10.1 Å². The summed E-state index contributed by atoms with van der Waals surface area (Å²) in [5.74, 6) is 1.41. The SMILES string of the molecule is CCCNc1nc(-n2cncn2)c2cc(C)sc2n1. The van der Waals surface area contributed by atoms with E-state index < -0.39 is 0 Å². The highest BCUT2D eigenvalue weighted by Gasteiger charge is 2.12. The van der Waals surface area contributed by atoms with Crippen molar-refractivity contribution in [2.24, 2.45) is 0 Å². The van der Waals surface area contributed by atoms with E-state index in [1.165, 1.54) is 11.2 Å². The predicted octanol–water partition coefficient (Wildman–Crippen LogP) is 2.40. The van der Waals surface area contributed by atoms with Crippen molar-refractivity contribution < 1.29 is 0 Å². The van der Waals surface area contributed by atoms with Gasteiger partial charge in [-0.1, -0.05) is 6.92 Å². The molecule has 0 amide bonds. The second kappa shape index (κ2) is 4.93. The third-order valence-corrected chi connectivity index (χ3v) is 3.61. The molecule has 0 aromatic carbocycles. The van der Waals surface area contributed by atoms with Crippen LogP contribution < -0.4 is 5.32 Å². The summed E-state index contributed by atoms with van der Waals surface area (Å²) in [5.41, 5.74) is 0. The third-order valence-electron chi connectivity index (χ3n) is 2.66. The molecule has 0 unspecified atom stereocenters. The fourth-order valence-electron chi connectivity index (χ4n) is 1.83. The summed E-state index contributed by atoms with van der Waals surface area (Å²) in [7, 11) is 0. The van der Waals surface area contributed by atoms with E-state index in [0.29, 0.717) is 5.95 Å². The minimum atomic E-state index is 0.640. The Morgan fingerprint density at radius 1 is 1.37 bits per heavy atom. The van der Waals surface area contributed by atoms with Crippen LogP contribution in [0.5, 0.6) is 0 Å². The molecule has 19 heavy (non-hydrogen) atoms. The fourth-order valence-corrected chi connectivity index (χ4v) is 2.71. The van der Waals surface area contributed by atoms with Crippen molar-refractivity contribution in [1.82, 2.24) is 24.7 Å². The summed E-state index contributed by atoms with van der Waals surface area (Å²) < 4.78 is 1.67. The average molecular weight is 274 g/mol. The molecule has 1 N–H and O–H groups in total. The highest BCUT2D eigenvalue weighted by atomic mass is 32.1. The number of fused-ring (bicyclic) bond motifs is 1. The first kappa shape index (κ1) is 12.0. The molecule has 0 spiro atoms. The van der Waals surface area contributed by atoms with Gasteiger partial charge in [0.15, 0.2) is 5.82 Å². The van der Waals surface area contributed by atoms with Crippen LogP contribution in [0.3, 0.4) is 0 Å². The molecule has 0 bridgehead atoms. The number of nitrogens with zero attached hydrogens (tertiary/aromatic N) is 5. The van der Waals surface area contributed by atoms with Gasteiger partial charge in [0.2, 0.25) is 5.95 Å². The van der Waals surface area contributed by atoms with Crippen molar-refractivity contribution in [2.45, 2.75) is 20.3 Å². The van der Waals surface area contributed by atoms with Gasteiger partial charge in [-0.15, -0.1) is 11.3 Å². The summed E-state index contributed by atoms with van der Waals surface area (Å²) >= 11 is 1.66. The number of anilines is 1. The quantitative estimate of drug-likeness (QED) is 0.791. The van der Waals surface area contributed by atoms with E-state index >= 15 is 0 Å². The Labute approximate surface area is 114 Å². The lowest BCUT2D eigenvalue weighted by Crippen LogP contribution is -2.07. The van der Waals surface area contributed by atoms with Gasteiger partial charge >= 0.3 is 0 Å². The number of aromatic nitrogens is 5. The Bertz CT molecular complexity index is 688. The van der Waals surface area contributed by atoms with E-state index in [-0.39, 0.29) is 0 Å². The Morgan fingerprint density at radius 3 is 3.00 bits per heavy atom. The van der Waals surface area contributed by atoms with E-state index in [1.54, 1.807) is 22.3 Å². The van der Waals surface area contributed by atoms with Crippen LogP contribution in [0.15, 0.2) is 18.7 Å². The number of hydrogen-bond acceptors (Lipinski definition) is 6. The molecule has 0 aliphatic carbocycles. The van der Waals surface area contributed by atoms with Crippen molar-refractivity contribution in [1.29, 1.82) is 0 Å². The topological polar surface area (TPSA) is 68.5 Å². The number of aryl methyl sites for hydroxylation is 1. The van der Waals surface area contributed by atoms with Crippen molar-refractivity contribution in [3.63, 3.8) is 0 Å². The number of thiophene rings is 1. The lowest BCUT2D eigenvalue weighted by Gasteiger charge is -2.06. The minimum Gasteiger partial charge on any atom is -0.354 e. The Morgan fingerprint density at radius 2 is 2.26 bits per heavy atom. The van der Waals surface area contributed by atoms with Gasteiger partial charge in [-0.05, 0) is 19.4 Å². The summed E-state index contributed by atoms with van der Waals surface area (Å²) in [6.45, 7) is 5.03. The molecule has 3 aromatic rings. The summed E-state index contributed by atoms with van der Waals surface area (Å²) in [6.07, 6.45) is 4.19.